The minimum Gasteiger partial charge on any atom is -0.309 e. The van der Waals surface area contributed by atoms with E-state index in [1.807, 2.05) is 32.2 Å². The summed E-state index contributed by atoms with van der Waals surface area (Å²) in [7, 11) is 1.82. The zero-order valence-corrected chi connectivity index (χ0v) is 11.8. The number of halogens is 2. The summed E-state index contributed by atoms with van der Waals surface area (Å²) in [6.07, 6.45) is 2.85. The molecule has 2 aromatic rings. The standard InChI is InChI=1S/C14H14BrFN2/c1-9-5-10(7-11(15)6-9)14(17-2)12-3-4-18-8-13(12)16/h3-8,14,17H,1-2H3. The van der Waals surface area contributed by atoms with E-state index in [9.17, 15) is 4.39 Å². The maximum absolute atomic E-state index is 13.8. The topological polar surface area (TPSA) is 24.9 Å². The molecule has 0 aliphatic heterocycles. The summed E-state index contributed by atoms with van der Waals surface area (Å²) in [6.45, 7) is 2.02. The number of hydrogen-bond donors (Lipinski definition) is 1. The van der Waals surface area contributed by atoms with Gasteiger partial charge in [-0.25, -0.2) is 4.39 Å². The monoisotopic (exact) mass is 308 g/mol. The number of rotatable bonds is 3. The molecule has 1 aromatic carbocycles. The van der Waals surface area contributed by atoms with Gasteiger partial charge in [0.25, 0.3) is 0 Å². The second-order valence-corrected chi connectivity index (χ2v) is 5.10. The van der Waals surface area contributed by atoms with Crippen molar-refractivity contribution in [3.8, 4) is 0 Å². The SMILES string of the molecule is CNC(c1cc(C)cc(Br)c1)c1ccncc1F. The number of pyridine rings is 1. The summed E-state index contributed by atoms with van der Waals surface area (Å²) >= 11 is 3.47. The van der Waals surface area contributed by atoms with Crippen LogP contribution in [-0.4, -0.2) is 12.0 Å². The summed E-state index contributed by atoms with van der Waals surface area (Å²) in [5.74, 6) is -0.297. The van der Waals surface area contributed by atoms with Gasteiger partial charge in [0.05, 0.1) is 12.2 Å². The Kier molecular flexibility index (Phi) is 4.09. The molecule has 0 radical (unpaired) electrons. The van der Waals surface area contributed by atoms with Gasteiger partial charge in [-0.3, -0.25) is 4.98 Å². The molecule has 0 amide bonds. The lowest BCUT2D eigenvalue weighted by atomic mass is 9.98. The number of aromatic nitrogens is 1. The molecule has 1 heterocycles. The lowest BCUT2D eigenvalue weighted by molar-refractivity contribution is 0.570. The molecule has 0 fully saturated rings. The highest BCUT2D eigenvalue weighted by molar-refractivity contribution is 9.10. The van der Waals surface area contributed by atoms with E-state index in [4.69, 9.17) is 0 Å². The molecule has 0 aliphatic carbocycles. The van der Waals surface area contributed by atoms with Crippen molar-refractivity contribution in [3.63, 3.8) is 0 Å². The molecule has 0 saturated heterocycles. The summed E-state index contributed by atoms with van der Waals surface area (Å²) < 4.78 is 14.8. The molecule has 2 rings (SSSR count). The first-order valence-corrected chi connectivity index (χ1v) is 6.45. The van der Waals surface area contributed by atoms with E-state index in [1.165, 1.54) is 6.20 Å². The van der Waals surface area contributed by atoms with Crippen molar-refractivity contribution < 1.29 is 4.39 Å². The number of nitrogens with zero attached hydrogens (tertiary/aromatic N) is 1. The Labute approximate surface area is 114 Å². The van der Waals surface area contributed by atoms with Crippen LogP contribution in [0, 0.1) is 12.7 Å². The molecule has 94 valence electrons. The van der Waals surface area contributed by atoms with Crippen LogP contribution in [0.4, 0.5) is 4.39 Å². The van der Waals surface area contributed by atoms with Gasteiger partial charge in [-0.1, -0.05) is 22.0 Å². The molecule has 18 heavy (non-hydrogen) atoms. The molecule has 0 saturated carbocycles. The molecular weight excluding hydrogens is 295 g/mol. The van der Waals surface area contributed by atoms with Crippen molar-refractivity contribution >= 4 is 15.9 Å². The van der Waals surface area contributed by atoms with Gasteiger partial charge in [0.15, 0.2) is 0 Å². The summed E-state index contributed by atoms with van der Waals surface area (Å²) in [6, 6.07) is 7.59. The third-order valence-electron chi connectivity index (χ3n) is 2.80. The molecule has 0 bridgehead atoms. The number of hydrogen-bond acceptors (Lipinski definition) is 2. The molecular formula is C14H14BrFN2. The van der Waals surface area contributed by atoms with Crippen molar-refractivity contribution in [1.29, 1.82) is 0 Å². The van der Waals surface area contributed by atoms with Gasteiger partial charge in [-0.2, -0.15) is 0 Å². The van der Waals surface area contributed by atoms with E-state index in [0.717, 1.165) is 15.6 Å². The molecule has 2 nitrogen and oxygen atoms in total. The van der Waals surface area contributed by atoms with Gasteiger partial charge in [0.1, 0.15) is 5.82 Å². The second kappa shape index (κ2) is 5.59. The maximum Gasteiger partial charge on any atom is 0.146 e. The van der Waals surface area contributed by atoms with Crippen molar-refractivity contribution in [1.82, 2.24) is 10.3 Å². The Balaban J connectivity index is 2.48. The predicted octanol–water partition coefficient (Wildman–Crippen LogP) is 3.60. The largest absolute Gasteiger partial charge is 0.309 e. The molecule has 1 aromatic heterocycles. The minimum absolute atomic E-state index is 0.177. The Hall–Kier alpha value is -1.26. The third kappa shape index (κ3) is 2.76. The molecule has 0 aliphatic rings. The zero-order chi connectivity index (χ0) is 13.1. The first-order chi connectivity index (χ1) is 8.61. The van der Waals surface area contributed by atoms with Gasteiger partial charge >= 0.3 is 0 Å². The van der Waals surface area contributed by atoms with Crippen molar-refractivity contribution in [2.75, 3.05) is 7.05 Å². The van der Waals surface area contributed by atoms with Gasteiger partial charge in [-0.15, -0.1) is 0 Å². The molecule has 0 spiro atoms. The Bertz CT molecular complexity index is 537. The minimum atomic E-state index is -0.297. The van der Waals surface area contributed by atoms with Gasteiger partial charge in [-0.05, 0) is 43.3 Å². The van der Waals surface area contributed by atoms with Crippen molar-refractivity contribution in [2.24, 2.45) is 0 Å². The van der Waals surface area contributed by atoms with Crippen molar-refractivity contribution in [3.05, 3.63) is 63.6 Å². The average molecular weight is 309 g/mol. The maximum atomic E-state index is 13.8. The number of benzene rings is 1. The number of nitrogens with one attached hydrogen (secondary N) is 1. The van der Waals surface area contributed by atoms with E-state index in [2.05, 4.69) is 26.2 Å². The van der Waals surface area contributed by atoms with E-state index in [1.54, 1.807) is 12.3 Å². The smallest absolute Gasteiger partial charge is 0.146 e. The summed E-state index contributed by atoms with van der Waals surface area (Å²) in [4.78, 5) is 3.78. The molecule has 4 heteroatoms. The van der Waals surface area contributed by atoms with Crippen LogP contribution in [-0.2, 0) is 0 Å². The third-order valence-corrected chi connectivity index (χ3v) is 3.26. The van der Waals surface area contributed by atoms with Gasteiger partial charge in [0.2, 0.25) is 0 Å². The first kappa shape index (κ1) is 13.2. The average Bonchev–Trinajstić information content (AvgIpc) is 2.31. The fourth-order valence-electron chi connectivity index (χ4n) is 2.05. The quantitative estimate of drug-likeness (QED) is 0.937. The zero-order valence-electron chi connectivity index (χ0n) is 10.2. The van der Waals surface area contributed by atoms with Crippen LogP contribution in [0.1, 0.15) is 22.7 Å². The van der Waals surface area contributed by atoms with Crippen LogP contribution in [0.3, 0.4) is 0 Å². The highest BCUT2D eigenvalue weighted by Crippen LogP contribution is 2.26. The van der Waals surface area contributed by atoms with Crippen LogP contribution in [0.15, 0.2) is 41.1 Å². The van der Waals surface area contributed by atoms with Gasteiger partial charge < -0.3 is 5.32 Å². The van der Waals surface area contributed by atoms with Gasteiger partial charge in [0, 0.05) is 16.2 Å². The van der Waals surface area contributed by atoms with E-state index >= 15 is 0 Å². The van der Waals surface area contributed by atoms with Crippen LogP contribution < -0.4 is 5.32 Å². The fourth-order valence-corrected chi connectivity index (χ4v) is 2.68. The number of aryl methyl sites for hydroxylation is 1. The normalized spacial score (nSPS) is 12.4. The first-order valence-electron chi connectivity index (χ1n) is 5.65. The van der Waals surface area contributed by atoms with E-state index in [0.29, 0.717) is 5.56 Å². The fraction of sp³-hybridized carbons (Fsp3) is 0.214. The lowest BCUT2D eigenvalue weighted by Crippen LogP contribution is -2.19. The highest BCUT2D eigenvalue weighted by atomic mass is 79.9. The van der Waals surface area contributed by atoms with Crippen LogP contribution in [0.2, 0.25) is 0 Å². The predicted molar refractivity (Wildman–Crippen MR) is 74.0 cm³/mol. The second-order valence-electron chi connectivity index (χ2n) is 4.18. The van der Waals surface area contributed by atoms with Crippen LogP contribution >= 0.6 is 15.9 Å². The Morgan fingerprint density at radius 1 is 1.33 bits per heavy atom. The van der Waals surface area contributed by atoms with Crippen LogP contribution in [0.5, 0.6) is 0 Å². The lowest BCUT2D eigenvalue weighted by Gasteiger charge is -2.18. The summed E-state index contributed by atoms with van der Waals surface area (Å²) in [5.41, 5.74) is 2.76. The van der Waals surface area contributed by atoms with E-state index < -0.39 is 0 Å². The van der Waals surface area contributed by atoms with E-state index in [-0.39, 0.29) is 11.9 Å². The summed E-state index contributed by atoms with van der Waals surface area (Å²) in [5, 5.41) is 3.14. The Morgan fingerprint density at radius 2 is 2.11 bits per heavy atom. The molecule has 1 unspecified atom stereocenters. The Morgan fingerprint density at radius 3 is 2.72 bits per heavy atom. The highest BCUT2D eigenvalue weighted by Gasteiger charge is 2.16. The molecule has 1 N–H and O–H groups in total. The molecule has 1 atom stereocenters. The van der Waals surface area contributed by atoms with Crippen molar-refractivity contribution in [2.45, 2.75) is 13.0 Å². The van der Waals surface area contributed by atoms with Crippen LogP contribution in [0.25, 0.3) is 0 Å².